The van der Waals surface area contributed by atoms with Gasteiger partial charge in [-0.2, -0.15) is 0 Å². The molecule has 0 radical (unpaired) electrons. The summed E-state index contributed by atoms with van der Waals surface area (Å²) in [6, 6.07) is 11.0. The van der Waals surface area contributed by atoms with Crippen LogP contribution in [-0.4, -0.2) is 43.0 Å². The van der Waals surface area contributed by atoms with Gasteiger partial charge in [0.2, 0.25) is 5.91 Å². The molecule has 0 bridgehead atoms. The van der Waals surface area contributed by atoms with Crippen molar-refractivity contribution in [3.05, 3.63) is 42.2 Å². The van der Waals surface area contributed by atoms with E-state index in [1.807, 2.05) is 24.3 Å². The summed E-state index contributed by atoms with van der Waals surface area (Å²) >= 11 is 0. The molecule has 0 saturated carbocycles. The molecule has 132 valence electrons. The van der Waals surface area contributed by atoms with Gasteiger partial charge in [-0.15, -0.1) is 0 Å². The maximum absolute atomic E-state index is 12.7. The second-order valence-electron chi connectivity index (χ2n) is 6.19. The highest BCUT2D eigenvalue weighted by Gasteiger charge is 2.26. The molecule has 1 aromatic heterocycles. The van der Waals surface area contributed by atoms with Crippen LogP contribution in [0.4, 0.5) is 0 Å². The molecule has 6 nitrogen and oxygen atoms in total. The average molecular weight is 342 g/mol. The summed E-state index contributed by atoms with van der Waals surface area (Å²) in [6.07, 6.45) is 1.75. The van der Waals surface area contributed by atoms with Crippen molar-refractivity contribution in [3.63, 3.8) is 0 Å². The van der Waals surface area contributed by atoms with Crippen LogP contribution in [-0.2, 0) is 4.79 Å². The van der Waals surface area contributed by atoms with Gasteiger partial charge in [-0.1, -0.05) is 12.1 Å². The summed E-state index contributed by atoms with van der Waals surface area (Å²) in [4.78, 5) is 25.7. The van der Waals surface area contributed by atoms with E-state index in [9.17, 15) is 9.59 Å². The van der Waals surface area contributed by atoms with Crippen molar-refractivity contribution in [2.45, 2.75) is 25.8 Å². The lowest BCUT2D eigenvalue weighted by Crippen LogP contribution is -2.49. The molecule has 2 heterocycles. The number of hydrogen-bond donors (Lipinski definition) is 1. The predicted molar refractivity (Wildman–Crippen MR) is 93.4 cm³/mol. The number of benzene rings is 1. The fourth-order valence-corrected chi connectivity index (χ4v) is 3.11. The molecule has 6 heteroatoms. The molecular weight excluding hydrogens is 320 g/mol. The first-order chi connectivity index (χ1) is 12.1. The Morgan fingerprint density at radius 3 is 2.88 bits per heavy atom. The minimum absolute atomic E-state index is 0.00279. The van der Waals surface area contributed by atoms with Crippen molar-refractivity contribution in [1.29, 1.82) is 0 Å². The van der Waals surface area contributed by atoms with Crippen molar-refractivity contribution < 1.29 is 18.7 Å². The van der Waals surface area contributed by atoms with Crippen LogP contribution >= 0.6 is 0 Å². The molecule has 1 aliphatic rings. The highest BCUT2D eigenvalue weighted by atomic mass is 16.5. The zero-order chi connectivity index (χ0) is 17.8. The number of carbonyl (C=O) groups is 2. The number of methoxy groups -OCH3 is 1. The number of nitrogens with zero attached hydrogens (tertiary/aromatic N) is 1. The van der Waals surface area contributed by atoms with Crippen LogP contribution in [0.3, 0.4) is 0 Å². The van der Waals surface area contributed by atoms with Crippen LogP contribution in [0.5, 0.6) is 5.75 Å². The summed E-state index contributed by atoms with van der Waals surface area (Å²) in [5.74, 6) is 1.44. The number of ether oxygens (including phenoxy) is 1. The van der Waals surface area contributed by atoms with Gasteiger partial charge in [0.05, 0.1) is 7.11 Å². The summed E-state index contributed by atoms with van der Waals surface area (Å²) in [5.41, 5.74) is 0.855. The Kier molecular flexibility index (Phi) is 5.07. The molecule has 1 N–H and O–H groups in total. The summed E-state index contributed by atoms with van der Waals surface area (Å²) in [7, 11) is 1.61. The van der Waals surface area contributed by atoms with Gasteiger partial charge < -0.3 is 19.4 Å². The van der Waals surface area contributed by atoms with Gasteiger partial charge in [-0.3, -0.25) is 9.59 Å². The molecule has 25 heavy (non-hydrogen) atoms. The van der Waals surface area contributed by atoms with Crippen molar-refractivity contribution in [1.82, 2.24) is 10.2 Å². The van der Waals surface area contributed by atoms with E-state index in [1.54, 1.807) is 24.1 Å². The lowest BCUT2D eigenvalue weighted by atomic mass is 10.1. The van der Waals surface area contributed by atoms with Gasteiger partial charge in [-0.05, 0) is 37.1 Å². The topological polar surface area (TPSA) is 71.8 Å². The molecule has 1 aliphatic heterocycles. The third kappa shape index (κ3) is 4.02. The zero-order valence-corrected chi connectivity index (χ0v) is 14.5. The fourth-order valence-electron chi connectivity index (χ4n) is 3.11. The first-order valence-electron chi connectivity index (χ1n) is 8.37. The zero-order valence-electron chi connectivity index (χ0n) is 14.5. The highest BCUT2D eigenvalue weighted by molar-refractivity contribution is 5.92. The number of furan rings is 1. The number of rotatable bonds is 4. The van der Waals surface area contributed by atoms with E-state index in [4.69, 9.17) is 9.15 Å². The summed E-state index contributed by atoms with van der Waals surface area (Å²) in [6.45, 7) is 2.67. The molecule has 2 aromatic rings. The third-order valence-corrected chi connectivity index (χ3v) is 4.29. The molecule has 0 unspecified atom stereocenters. The second-order valence-corrected chi connectivity index (χ2v) is 6.19. The molecule has 0 aliphatic carbocycles. The fraction of sp³-hybridized carbons (Fsp3) is 0.368. The van der Waals surface area contributed by atoms with E-state index < -0.39 is 0 Å². The van der Waals surface area contributed by atoms with Gasteiger partial charge in [0.1, 0.15) is 11.5 Å². The van der Waals surface area contributed by atoms with E-state index in [2.05, 4.69) is 5.32 Å². The Morgan fingerprint density at radius 1 is 1.28 bits per heavy atom. The predicted octanol–water partition coefficient (Wildman–Crippen LogP) is 2.70. The number of piperidine rings is 1. The first-order valence-corrected chi connectivity index (χ1v) is 8.37. The Bertz CT molecular complexity index is 768. The van der Waals surface area contributed by atoms with Crippen molar-refractivity contribution in [3.8, 4) is 17.1 Å². The molecule has 0 spiro atoms. The molecule has 1 fully saturated rings. The van der Waals surface area contributed by atoms with Crippen LogP contribution in [0.25, 0.3) is 11.3 Å². The van der Waals surface area contributed by atoms with Crippen LogP contribution in [0.15, 0.2) is 40.8 Å². The van der Waals surface area contributed by atoms with Gasteiger partial charge in [-0.25, -0.2) is 0 Å². The average Bonchev–Trinajstić information content (AvgIpc) is 3.11. The van der Waals surface area contributed by atoms with Crippen LogP contribution in [0, 0.1) is 0 Å². The second kappa shape index (κ2) is 7.42. The van der Waals surface area contributed by atoms with Crippen LogP contribution < -0.4 is 10.1 Å². The van der Waals surface area contributed by atoms with Gasteiger partial charge in [0, 0.05) is 31.6 Å². The van der Waals surface area contributed by atoms with E-state index in [-0.39, 0.29) is 17.9 Å². The molecule has 3 rings (SSSR count). The van der Waals surface area contributed by atoms with E-state index in [1.165, 1.54) is 6.92 Å². The third-order valence-electron chi connectivity index (χ3n) is 4.29. The Hall–Kier alpha value is -2.76. The number of nitrogens with one attached hydrogen (secondary N) is 1. The normalized spacial score (nSPS) is 17.2. The molecule has 2 amide bonds. The Labute approximate surface area is 146 Å². The monoisotopic (exact) mass is 342 g/mol. The largest absolute Gasteiger partial charge is 0.497 e. The maximum atomic E-state index is 12.7. The number of amides is 2. The van der Waals surface area contributed by atoms with E-state index in [0.717, 1.165) is 24.2 Å². The van der Waals surface area contributed by atoms with Gasteiger partial charge >= 0.3 is 0 Å². The minimum Gasteiger partial charge on any atom is -0.497 e. The highest BCUT2D eigenvalue weighted by Crippen LogP contribution is 2.26. The van der Waals surface area contributed by atoms with E-state index in [0.29, 0.717) is 24.6 Å². The molecular formula is C19H22N2O4. The molecule has 1 saturated heterocycles. The quantitative estimate of drug-likeness (QED) is 0.927. The molecule has 1 atom stereocenters. The SMILES string of the molecule is COc1cccc(-c2ccc(C(=O)N3CCC[C@@H](NC(C)=O)C3)o2)c1. The van der Waals surface area contributed by atoms with E-state index >= 15 is 0 Å². The Balaban J connectivity index is 1.73. The minimum atomic E-state index is -0.149. The van der Waals surface area contributed by atoms with Crippen molar-refractivity contribution in [2.75, 3.05) is 20.2 Å². The summed E-state index contributed by atoms with van der Waals surface area (Å²) in [5, 5.41) is 2.88. The number of hydrogen-bond acceptors (Lipinski definition) is 4. The van der Waals surface area contributed by atoms with Crippen LogP contribution in [0.2, 0.25) is 0 Å². The lowest BCUT2D eigenvalue weighted by molar-refractivity contribution is -0.120. The standard InChI is InChI=1S/C19H22N2O4/c1-13(22)20-15-6-4-10-21(12-15)19(23)18-9-8-17(25-18)14-5-3-7-16(11-14)24-2/h3,5,7-9,11,15H,4,6,10,12H2,1-2H3,(H,20,22)/t15-/m1/s1. The van der Waals surface area contributed by atoms with Crippen molar-refractivity contribution in [2.24, 2.45) is 0 Å². The lowest BCUT2D eigenvalue weighted by Gasteiger charge is -2.32. The Morgan fingerprint density at radius 2 is 2.12 bits per heavy atom. The first kappa shape index (κ1) is 17.1. The maximum Gasteiger partial charge on any atom is 0.289 e. The molecule has 1 aromatic carbocycles. The van der Waals surface area contributed by atoms with Gasteiger partial charge in [0.15, 0.2) is 5.76 Å². The number of carbonyl (C=O) groups excluding carboxylic acids is 2. The van der Waals surface area contributed by atoms with Crippen LogP contribution in [0.1, 0.15) is 30.3 Å². The number of likely N-dealkylation sites (tertiary alicyclic amines) is 1. The van der Waals surface area contributed by atoms with Crippen molar-refractivity contribution >= 4 is 11.8 Å². The summed E-state index contributed by atoms with van der Waals surface area (Å²) < 4.78 is 11.0. The van der Waals surface area contributed by atoms with Gasteiger partial charge in [0.25, 0.3) is 5.91 Å². The smallest absolute Gasteiger partial charge is 0.289 e.